The molecule has 0 aliphatic rings. The molecule has 10 heteroatoms. The van der Waals surface area contributed by atoms with Gasteiger partial charge in [-0.3, -0.25) is 5.41 Å². The molecule has 0 aliphatic carbocycles. The molecule has 1 heterocycles. The van der Waals surface area contributed by atoms with Gasteiger partial charge in [0.25, 0.3) is 6.02 Å². The second-order valence-corrected chi connectivity index (χ2v) is 6.72. The summed E-state index contributed by atoms with van der Waals surface area (Å²) in [5, 5.41) is 18.7. The second-order valence-electron chi connectivity index (χ2n) is 6.72. The zero-order valence-electron chi connectivity index (χ0n) is 17.3. The molecule has 1 aromatic heterocycles. The molecule has 0 saturated carbocycles. The van der Waals surface area contributed by atoms with Gasteiger partial charge in [0.15, 0.2) is 0 Å². The maximum atomic E-state index is 12.6. The Bertz CT molecular complexity index is 1010. The Kier molecular flexibility index (Phi) is 7.48. The molecular weight excluding hydrogens is 423 g/mol. The van der Waals surface area contributed by atoms with Crippen molar-refractivity contribution in [1.29, 1.82) is 5.41 Å². The normalized spacial score (nSPS) is 11.0. The summed E-state index contributed by atoms with van der Waals surface area (Å²) in [5.74, 6) is 1.42. The molecule has 3 rings (SSSR count). The van der Waals surface area contributed by atoms with Crippen LogP contribution < -0.4 is 10.1 Å². The zero-order valence-corrected chi connectivity index (χ0v) is 17.3. The van der Waals surface area contributed by atoms with Gasteiger partial charge in [-0.2, -0.15) is 23.4 Å². The third-order valence-corrected chi connectivity index (χ3v) is 4.22. The number of amidine groups is 1. The van der Waals surface area contributed by atoms with E-state index < -0.39 is 18.7 Å². The van der Waals surface area contributed by atoms with Gasteiger partial charge in [0.2, 0.25) is 0 Å². The average Bonchev–Trinajstić information content (AvgIpc) is 2.77. The van der Waals surface area contributed by atoms with Gasteiger partial charge in [0, 0.05) is 12.2 Å². The second kappa shape index (κ2) is 10.5. The molecule has 0 amide bonds. The van der Waals surface area contributed by atoms with Gasteiger partial charge >= 0.3 is 6.18 Å². The van der Waals surface area contributed by atoms with Crippen LogP contribution in [0.3, 0.4) is 0 Å². The number of nitrogens with zero attached hydrogens (tertiary/aromatic N) is 3. The van der Waals surface area contributed by atoms with Crippen molar-refractivity contribution in [3.05, 3.63) is 72.6 Å². The number of anilines is 2. The van der Waals surface area contributed by atoms with E-state index >= 15 is 0 Å². The fourth-order valence-electron chi connectivity index (χ4n) is 2.72. The van der Waals surface area contributed by atoms with Crippen LogP contribution >= 0.6 is 0 Å². The lowest BCUT2D eigenvalue weighted by atomic mass is 10.2. The number of hydrogen-bond acceptors (Lipinski definition) is 6. The monoisotopic (exact) mass is 445 g/mol. The van der Waals surface area contributed by atoms with Crippen LogP contribution in [0.1, 0.15) is 12.6 Å². The van der Waals surface area contributed by atoms with E-state index in [0.717, 1.165) is 16.3 Å². The molecule has 7 nitrogen and oxygen atoms in total. The minimum Gasteiger partial charge on any atom is -0.459 e. The lowest BCUT2D eigenvalue weighted by Gasteiger charge is -2.23. The minimum absolute atomic E-state index is 0.00437. The average molecular weight is 445 g/mol. The Morgan fingerprint density at radius 2 is 1.72 bits per heavy atom. The Balaban J connectivity index is 1.56. The first-order valence-electron chi connectivity index (χ1n) is 9.77. The quantitative estimate of drug-likeness (QED) is 0.359. The number of halogens is 3. The van der Waals surface area contributed by atoms with Gasteiger partial charge in [0.05, 0.1) is 11.9 Å². The molecule has 2 N–H and O–H groups in total. The van der Waals surface area contributed by atoms with Crippen molar-refractivity contribution in [3.63, 3.8) is 0 Å². The van der Waals surface area contributed by atoms with E-state index in [1.807, 2.05) is 54.6 Å². The summed E-state index contributed by atoms with van der Waals surface area (Å²) in [4.78, 5) is 0.786. The van der Waals surface area contributed by atoms with Crippen molar-refractivity contribution in [2.45, 2.75) is 19.7 Å². The van der Waals surface area contributed by atoms with E-state index in [1.54, 1.807) is 6.07 Å². The van der Waals surface area contributed by atoms with Gasteiger partial charge in [-0.25, -0.2) is 0 Å². The van der Waals surface area contributed by atoms with Crippen molar-refractivity contribution in [1.82, 2.24) is 15.1 Å². The minimum atomic E-state index is -4.42. The van der Waals surface area contributed by atoms with Crippen molar-refractivity contribution < 1.29 is 22.6 Å². The van der Waals surface area contributed by atoms with Crippen LogP contribution in [-0.2, 0) is 11.3 Å². The first-order chi connectivity index (χ1) is 15.3. The van der Waals surface area contributed by atoms with Crippen molar-refractivity contribution in [2.24, 2.45) is 0 Å². The molecule has 168 valence electrons. The van der Waals surface area contributed by atoms with Crippen molar-refractivity contribution in [3.8, 4) is 11.5 Å². The number of aromatic nitrogens is 2. The van der Waals surface area contributed by atoms with Crippen LogP contribution in [0.5, 0.6) is 11.5 Å². The van der Waals surface area contributed by atoms with Gasteiger partial charge in [-0.05, 0) is 49.4 Å². The summed E-state index contributed by atoms with van der Waals surface area (Å²) in [5.41, 5.74) is 1.76. The standard InChI is InChI=1S/C22H22F3N5O2/c1-2-30(15-22(23,24)25)21(26)31-14-18-12-17(13-27-29-18)28-16-8-10-20(11-9-16)32-19-6-4-3-5-7-19/h3-13,26H,2,14-15H2,1H3,(H,28,29). The Hall–Kier alpha value is -3.82. The maximum absolute atomic E-state index is 12.6. The summed E-state index contributed by atoms with van der Waals surface area (Å²) < 4.78 is 48.7. The van der Waals surface area contributed by atoms with E-state index in [9.17, 15) is 13.2 Å². The molecule has 0 spiro atoms. The molecule has 3 aromatic rings. The van der Waals surface area contributed by atoms with Crippen molar-refractivity contribution in [2.75, 3.05) is 18.4 Å². The summed E-state index contributed by atoms with van der Waals surface area (Å²) in [6.45, 7) is 0.0822. The van der Waals surface area contributed by atoms with E-state index in [2.05, 4.69) is 15.5 Å². The summed E-state index contributed by atoms with van der Waals surface area (Å²) in [7, 11) is 0. The Morgan fingerprint density at radius 1 is 1.03 bits per heavy atom. The molecule has 0 saturated heterocycles. The predicted octanol–water partition coefficient (Wildman–Crippen LogP) is 5.35. The lowest BCUT2D eigenvalue weighted by molar-refractivity contribution is -0.139. The highest BCUT2D eigenvalue weighted by molar-refractivity contribution is 5.70. The number of hydrogen-bond donors (Lipinski definition) is 2. The van der Waals surface area contributed by atoms with E-state index in [4.69, 9.17) is 14.9 Å². The largest absolute Gasteiger partial charge is 0.459 e. The number of alkyl halides is 3. The third-order valence-electron chi connectivity index (χ3n) is 4.22. The molecule has 2 aromatic carbocycles. The first-order valence-corrected chi connectivity index (χ1v) is 9.77. The fraction of sp³-hybridized carbons (Fsp3) is 0.227. The van der Waals surface area contributed by atoms with Crippen LogP contribution in [0, 0.1) is 5.41 Å². The summed E-state index contributed by atoms with van der Waals surface area (Å²) in [6.07, 6.45) is -2.91. The first kappa shape index (κ1) is 22.9. The number of ether oxygens (including phenoxy) is 2. The van der Waals surface area contributed by atoms with E-state index in [-0.39, 0.29) is 13.2 Å². The number of nitrogens with one attached hydrogen (secondary N) is 2. The molecule has 0 bridgehead atoms. The summed E-state index contributed by atoms with van der Waals surface area (Å²) >= 11 is 0. The molecule has 0 radical (unpaired) electrons. The molecule has 0 fully saturated rings. The zero-order chi connectivity index (χ0) is 23.0. The van der Waals surface area contributed by atoms with Gasteiger partial charge in [-0.1, -0.05) is 18.2 Å². The van der Waals surface area contributed by atoms with Crippen LogP contribution in [0.25, 0.3) is 0 Å². The van der Waals surface area contributed by atoms with Crippen LogP contribution in [0.15, 0.2) is 66.9 Å². The van der Waals surface area contributed by atoms with Gasteiger partial charge < -0.3 is 19.7 Å². The molecule has 0 aliphatic heterocycles. The maximum Gasteiger partial charge on any atom is 0.406 e. The van der Waals surface area contributed by atoms with Gasteiger partial charge in [0.1, 0.15) is 30.3 Å². The smallest absolute Gasteiger partial charge is 0.406 e. The Labute approximate surface area is 183 Å². The Morgan fingerprint density at radius 3 is 2.38 bits per heavy atom. The molecule has 32 heavy (non-hydrogen) atoms. The van der Waals surface area contributed by atoms with E-state index in [0.29, 0.717) is 17.1 Å². The highest BCUT2D eigenvalue weighted by Crippen LogP contribution is 2.24. The summed E-state index contributed by atoms with van der Waals surface area (Å²) in [6, 6.07) is 17.8. The lowest BCUT2D eigenvalue weighted by Crippen LogP contribution is -2.39. The third kappa shape index (κ3) is 7.15. The number of rotatable bonds is 8. The van der Waals surface area contributed by atoms with Crippen molar-refractivity contribution >= 4 is 17.4 Å². The molecular formula is C22H22F3N5O2. The molecule has 0 unspecified atom stereocenters. The predicted molar refractivity (Wildman–Crippen MR) is 114 cm³/mol. The highest BCUT2D eigenvalue weighted by atomic mass is 19.4. The highest BCUT2D eigenvalue weighted by Gasteiger charge is 2.31. The fourth-order valence-corrected chi connectivity index (χ4v) is 2.72. The van der Waals surface area contributed by atoms with E-state index in [1.165, 1.54) is 13.1 Å². The van der Waals surface area contributed by atoms with Crippen LogP contribution in [0.2, 0.25) is 0 Å². The van der Waals surface area contributed by atoms with Crippen LogP contribution in [-0.4, -0.2) is 40.4 Å². The topological polar surface area (TPSA) is 83.4 Å². The number of benzene rings is 2. The molecule has 0 atom stereocenters. The van der Waals surface area contributed by atoms with Crippen LogP contribution in [0.4, 0.5) is 24.5 Å². The SMILES string of the molecule is CCN(CC(F)(F)F)C(=N)OCc1cc(Nc2ccc(Oc3ccccc3)cc2)cnn1. The number of para-hydroxylation sites is 1. The van der Waals surface area contributed by atoms with Gasteiger partial charge in [-0.15, -0.1) is 0 Å².